The van der Waals surface area contributed by atoms with Crippen LogP contribution in [0.3, 0.4) is 0 Å². The summed E-state index contributed by atoms with van der Waals surface area (Å²) in [6.45, 7) is 0. The number of fused-ring (bicyclic) bond motifs is 7. The molecule has 0 aliphatic rings. The predicted octanol–water partition coefficient (Wildman–Crippen LogP) is 23.3. The van der Waals surface area contributed by atoms with Gasteiger partial charge in [0, 0.05) is 67.6 Å². The molecule has 16 rings (SSSR count). The zero-order chi connectivity index (χ0) is 63.9. The molecule has 1 heterocycles. The third-order valence-electron chi connectivity index (χ3n) is 18.2. The summed E-state index contributed by atoms with van der Waals surface area (Å²) in [7, 11) is 6.85. The minimum atomic E-state index is 0.769. The van der Waals surface area contributed by atoms with Crippen LogP contribution in [0.2, 0.25) is 0 Å². The van der Waals surface area contributed by atoms with E-state index >= 15 is 0 Å². The highest BCUT2D eigenvalue weighted by Crippen LogP contribution is 2.48. The van der Waals surface area contributed by atoms with Crippen LogP contribution in [0.4, 0.5) is 68.2 Å². The topological polar surface area (TPSA) is 54.8 Å². The van der Waals surface area contributed by atoms with E-state index in [4.69, 9.17) is 18.9 Å². The molecule has 0 amide bonds. The molecule has 9 heteroatoms. The van der Waals surface area contributed by atoms with E-state index in [2.05, 4.69) is 297 Å². The van der Waals surface area contributed by atoms with Crippen LogP contribution in [0, 0.1) is 0 Å². The first kappa shape index (κ1) is 57.7. The second kappa shape index (κ2) is 24.6. The fourth-order valence-electron chi connectivity index (χ4n) is 13.5. The Morgan fingerprint density at radius 1 is 0.200 bits per heavy atom. The molecule has 16 aromatic rings. The van der Waals surface area contributed by atoms with E-state index in [1.54, 1.807) is 28.4 Å². The molecule has 15 aromatic carbocycles. The monoisotopic (exact) mass is 1230 g/mol. The molecule has 0 aliphatic carbocycles. The van der Waals surface area contributed by atoms with Crippen LogP contribution in [0.15, 0.2) is 322 Å². The number of nitrogens with zero attached hydrogens (tertiary/aromatic N) is 5. The maximum Gasteiger partial charge on any atom is 0.119 e. The Kier molecular flexibility index (Phi) is 15.0. The lowest BCUT2D eigenvalue weighted by atomic mass is 10.1. The molecular formula is C86H65N5O4. The molecule has 0 unspecified atom stereocenters. The summed E-state index contributed by atoms with van der Waals surface area (Å²) in [5.74, 6) is 3.10. The number of rotatable bonds is 17. The first-order valence-electron chi connectivity index (χ1n) is 31.8. The van der Waals surface area contributed by atoms with Gasteiger partial charge in [0.15, 0.2) is 0 Å². The first-order valence-corrected chi connectivity index (χ1v) is 31.8. The number of methoxy groups -OCH3 is 4. The van der Waals surface area contributed by atoms with Crippen molar-refractivity contribution < 1.29 is 18.9 Å². The Morgan fingerprint density at radius 2 is 0.432 bits per heavy atom. The van der Waals surface area contributed by atoms with E-state index < -0.39 is 0 Å². The molecule has 0 atom stereocenters. The Morgan fingerprint density at radius 3 is 0.705 bits per heavy atom. The van der Waals surface area contributed by atoms with Crippen LogP contribution in [-0.2, 0) is 0 Å². The van der Waals surface area contributed by atoms with Gasteiger partial charge >= 0.3 is 0 Å². The smallest absolute Gasteiger partial charge is 0.119 e. The van der Waals surface area contributed by atoms with Gasteiger partial charge in [-0.2, -0.15) is 0 Å². The summed E-state index contributed by atoms with van der Waals surface area (Å²) >= 11 is 0. The van der Waals surface area contributed by atoms with Crippen molar-refractivity contribution in [3.8, 4) is 28.7 Å². The van der Waals surface area contributed by atoms with Gasteiger partial charge in [-0.05, 0) is 243 Å². The van der Waals surface area contributed by atoms with Crippen molar-refractivity contribution in [1.29, 1.82) is 0 Å². The predicted molar refractivity (Wildman–Crippen MR) is 396 cm³/mol. The number of ether oxygens (including phenoxy) is 4. The molecule has 0 bridgehead atoms. The third kappa shape index (κ3) is 10.9. The van der Waals surface area contributed by atoms with E-state index in [9.17, 15) is 0 Å². The minimum absolute atomic E-state index is 0.769. The molecule has 9 nitrogen and oxygen atoms in total. The lowest BCUT2D eigenvalue weighted by Gasteiger charge is -2.31. The van der Waals surface area contributed by atoms with Crippen molar-refractivity contribution in [1.82, 2.24) is 4.57 Å². The lowest BCUT2D eigenvalue weighted by molar-refractivity contribution is 0.414. The minimum Gasteiger partial charge on any atom is -0.497 e. The van der Waals surface area contributed by atoms with Gasteiger partial charge in [0.05, 0.1) is 56.5 Å². The van der Waals surface area contributed by atoms with Crippen LogP contribution < -0.4 is 38.5 Å². The highest BCUT2D eigenvalue weighted by Gasteiger charge is 2.25. The standard InChI is InChI=1S/C86H65N5O4/c1-92-79-39-29-66(30-40-79)87(70-25-21-58-13-5-9-17-62(58)49-70)74-37-47-85-83(56-74)84-57-75(88(67-31-41-80(93-2)42-32-67)71-26-22-59-14-6-10-18-63(59)50-71)38-48-86(84)91(85)78-54-76(89(68-33-43-81(94-3)44-34-68)72-27-23-60-15-7-11-19-64(60)51-72)53-77(55-78)90(69-35-45-82(95-4)46-36-69)73-28-24-61-16-8-12-20-65(61)52-73/h5-57H,1-4H3. The second-order valence-electron chi connectivity index (χ2n) is 23.7. The average Bonchev–Trinajstić information content (AvgIpc) is 1.58. The quantitative estimate of drug-likeness (QED) is 0.0894. The molecule has 95 heavy (non-hydrogen) atoms. The summed E-state index contributed by atoms with van der Waals surface area (Å²) in [5, 5.41) is 11.3. The van der Waals surface area contributed by atoms with Crippen molar-refractivity contribution in [3.63, 3.8) is 0 Å². The van der Waals surface area contributed by atoms with E-state index in [1.807, 2.05) is 48.5 Å². The van der Waals surface area contributed by atoms with Crippen LogP contribution in [-0.4, -0.2) is 33.0 Å². The van der Waals surface area contributed by atoms with Crippen molar-refractivity contribution >= 4 is 133 Å². The van der Waals surface area contributed by atoms with Gasteiger partial charge in [0.2, 0.25) is 0 Å². The second-order valence-corrected chi connectivity index (χ2v) is 23.7. The van der Waals surface area contributed by atoms with Crippen molar-refractivity contribution in [2.45, 2.75) is 0 Å². The van der Waals surface area contributed by atoms with E-state index in [0.717, 1.165) is 151 Å². The van der Waals surface area contributed by atoms with Crippen LogP contribution in [0.25, 0.3) is 70.6 Å². The van der Waals surface area contributed by atoms with Crippen LogP contribution in [0.1, 0.15) is 0 Å². The SMILES string of the molecule is COc1ccc(N(c2cc(N(c3ccc(OC)cc3)c3ccc4ccccc4c3)cc(-n3c4ccc(N(c5ccc(OC)cc5)c5ccc6ccccc6c5)cc4c4cc(N(c5ccc(OC)cc5)c5ccc6ccccc6c5)ccc43)c2)c2ccc3ccccc3c2)cc1. The van der Waals surface area contributed by atoms with Gasteiger partial charge in [-0.3, -0.25) is 0 Å². The van der Waals surface area contributed by atoms with E-state index in [0.29, 0.717) is 0 Å². The van der Waals surface area contributed by atoms with Gasteiger partial charge in [0.1, 0.15) is 23.0 Å². The highest BCUT2D eigenvalue weighted by molar-refractivity contribution is 6.13. The summed E-state index contributed by atoms with van der Waals surface area (Å²) in [6.07, 6.45) is 0. The van der Waals surface area contributed by atoms with Gasteiger partial charge < -0.3 is 43.1 Å². The molecular weight excluding hydrogens is 1170 g/mol. The van der Waals surface area contributed by atoms with Crippen LogP contribution >= 0.6 is 0 Å². The zero-order valence-corrected chi connectivity index (χ0v) is 53.0. The molecule has 0 aliphatic heterocycles. The molecule has 0 saturated heterocycles. The molecule has 0 saturated carbocycles. The first-order chi connectivity index (χ1) is 46.8. The normalized spacial score (nSPS) is 11.4. The number of anilines is 12. The van der Waals surface area contributed by atoms with Gasteiger partial charge in [-0.1, -0.05) is 121 Å². The molecule has 458 valence electrons. The van der Waals surface area contributed by atoms with Crippen LogP contribution in [0.5, 0.6) is 23.0 Å². The molecule has 0 N–H and O–H groups in total. The number of benzene rings is 15. The summed E-state index contributed by atoms with van der Waals surface area (Å²) in [4.78, 5) is 9.43. The number of hydrogen-bond acceptors (Lipinski definition) is 8. The number of hydrogen-bond donors (Lipinski definition) is 0. The number of aromatic nitrogens is 1. The largest absolute Gasteiger partial charge is 0.497 e. The summed E-state index contributed by atoms with van der Waals surface area (Å²) in [5.41, 5.74) is 14.8. The summed E-state index contributed by atoms with van der Waals surface area (Å²) in [6, 6.07) is 115. The fourth-order valence-corrected chi connectivity index (χ4v) is 13.5. The van der Waals surface area contributed by atoms with Crippen molar-refractivity contribution in [2.75, 3.05) is 48.0 Å². The van der Waals surface area contributed by atoms with Gasteiger partial charge in [-0.15, -0.1) is 0 Å². The Labute approximate surface area is 551 Å². The van der Waals surface area contributed by atoms with Gasteiger partial charge in [-0.25, -0.2) is 0 Å². The Hall–Kier alpha value is -12.5. The maximum atomic E-state index is 5.81. The molecule has 0 spiro atoms. The summed E-state index contributed by atoms with van der Waals surface area (Å²) < 4.78 is 25.6. The van der Waals surface area contributed by atoms with Gasteiger partial charge in [0.25, 0.3) is 0 Å². The Bertz CT molecular complexity index is 5180. The molecule has 0 radical (unpaired) electrons. The zero-order valence-electron chi connectivity index (χ0n) is 53.0. The van der Waals surface area contributed by atoms with Crippen molar-refractivity contribution in [3.05, 3.63) is 322 Å². The molecule has 1 aromatic heterocycles. The third-order valence-corrected chi connectivity index (χ3v) is 18.2. The average molecular weight is 1230 g/mol. The van der Waals surface area contributed by atoms with Crippen molar-refractivity contribution in [2.24, 2.45) is 0 Å². The molecule has 0 fully saturated rings. The highest BCUT2D eigenvalue weighted by atomic mass is 16.5. The van der Waals surface area contributed by atoms with E-state index in [1.165, 1.54) is 10.8 Å². The fraction of sp³-hybridized carbons (Fsp3) is 0.0465. The van der Waals surface area contributed by atoms with E-state index in [-0.39, 0.29) is 0 Å². The maximum absolute atomic E-state index is 5.81. The Balaban J connectivity index is 0.996. The lowest BCUT2D eigenvalue weighted by Crippen LogP contribution is -2.14.